The van der Waals surface area contributed by atoms with Crippen molar-refractivity contribution in [3.8, 4) is 5.75 Å². The van der Waals surface area contributed by atoms with Gasteiger partial charge in [-0.3, -0.25) is 0 Å². The second-order valence-corrected chi connectivity index (χ2v) is 6.31. The molecule has 0 unspecified atom stereocenters. The molecular formula is C19H24N2O5. The number of carbonyl (C=O) groups excluding carboxylic acids is 2. The van der Waals surface area contributed by atoms with Crippen molar-refractivity contribution < 1.29 is 23.8 Å². The van der Waals surface area contributed by atoms with Crippen LogP contribution in [0.25, 0.3) is 0 Å². The average molecular weight is 360 g/mol. The third-order valence-corrected chi connectivity index (χ3v) is 4.42. The van der Waals surface area contributed by atoms with Crippen molar-refractivity contribution in [1.29, 1.82) is 0 Å². The Balaban J connectivity index is 1.81. The zero-order chi connectivity index (χ0) is 18.5. The Morgan fingerprint density at radius 3 is 2.96 bits per heavy atom. The summed E-state index contributed by atoms with van der Waals surface area (Å²) in [4.78, 5) is 24.7. The molecule has 0 bridgehead atoms. The van der Waals surface area contributed by atoms with E-state index in [1.165, 1.54) is 0 Å². The lowest BCUT2D eigenvalue weighted by Crippen LogP contribution is -2.45. The van der Waals surface area contributed by atoms with E-state index < -0.39 is 12.0 Å². The van der Waals surface area contributed by atoms with Crippen LogP contribution >= 0.6 is 0 Å². The van der Waals surface area contributed by atoms with E-state index in [4.69, 9.17) is 14.2 Å². The molecule has 0 saturated carbocycles. The normalized spacial score (nSPS) is 22.6. The van der Waals surface area contributed by atoms with E-state index >= 15 is 0 Å². The number of nitrogens with one attached hydrogen (secondary N) is 2. The van der Waals surface area contributed by atoms with Gasteiger partial charge in [-0.05, 0) is 44.4 Å². The van der Waals surface area contributed by atoms with E-state index in [0.29, 0.717) is 30.2 Å². The van der Waals surface area contributed by atoms with Crippen LogP contribution in [0.5, 0.6) is 5.75 Å². The van der Waals surface area contributed by atoms with E-state index in [-0.39, 0.29) is 18.7 Å². The van der Waals surface area contributed by atoms with E-state index in [1.807, 2.05) is 31.2 Å². The van der Waals surface area contributed by atoms with Gasteiger partial charge in [0.15, 0.2) is 0 Å². The molecule has 0 aromatic heterocycles. The molecule has 140 valence electrons. The molecule has 0 radical (unpaired) electrons. The molecule has 0 spiro atoms. The largest absolute Gasteiger partial charge is 0.494 e. The molecule has 0 aliphatic carbocycles. The highest BCUT2D eigenvalue weighted by Gasteiger charge is 2.33. The maximum Gasteiger partial charge on any atom is 0.338 e. The molecule has 2 heterocycles. The van der Waals surface area contributed by atoms with E-state index in [9.17, 15) is 9.59 Å². The number of rotatable bonds is 6. The number of allylic oxidation sites excluding steroid dienone is 1. The maximum absolute atomic E-state index is 12.7. The van der Waals surface area contributed by atoms with Crippen LogP contribution in [0.2, 0.25) is 0 Å². The molecule has 2 aliphatic heterocycles. The molecule has 2 N–H and O–H groups in total. The highest BCUT2D eigenvalue weighted by atomic mass is 16.6. The monoisotopic (exact) mass is 360 g/mol. The lowest BCUT2D eigenvalue weighted by Gasteiger charge is -2.28. The van der Waals surface area contributed by atoms with Crippen molar-refractivity contribution in [3.63, 3.8) is 0 Å². The quantitative estimate of drug-likeness (QED) is 0.761. The SMILES string of the molecule is CCOc1cccc([C@@H]2NC(=O)NC(C)=C2C(=O)OC[C@@H]2CCCO2)c1. The standard InChI is InChI=1S/C19H24N2O5/c1-3-24-14-7-4-6-13(10-14)17-16(12(2)20-19(23)21-17)18(22)26-11-15-8-5-9-25-15/h4,6-7,10,15,17H,3,5,8-9,11H2,1-2H3,(H2,20,21,23)/t15-,17-/m0/s1. The van der Waals surface area contributed by atoms with Crippen molar-refractivity contribution >= 4 is 12.0 Å². The van der Waals surface area contributed by atoms with Crippen LogP contribution in [0.4, 0.5) is 4.79 Å². The first-order valence-electron chi connectivity index (χ1n) is 8.88. The summed E-state index contributed by atoms with van der Waals surface area (Å²) in [7, 11) is 0. The molecule has 3 rings (SSSR count). The molecular weight excluding hydrogens is 336 g/mol. The molecule has 1 saturated heterocycles. The predicted octanol–water partition coefficient (Wildman–Crippen LogP) is 2.44. The molecule has 26 heavy (non-hydrogen) atoms. The summed E-state index contributed by atoms with van der Waals surface area (Å²) in [5.41, 5.74) is 1.63. The Hall–Kier alpha value is -2.54. The highest BCUT2D eigenvalue weighted by Crippen LogP contribution is 2.30. The summed E-state index contributed by atoms with van der Waals surface area (Å²) >= 11 is 0. The number of hydrogen-bond acceptors (Lipinski definition) is 5. The van der Waals surface area contributed by atoms with Gasteiger partial charge in [0.2, 0.25) is 0 Å². The fraction of sp³-hybridized carbons (Fsp3) is 0.474. The lowest BCUT2D eigenvalue weighted by atomic mass is 9.95. The summed E-state index contributed by atoms with van der Waals surface area (Å²) < 4.78 is 16.5. The fourth-order valence-electron chi connectivity index (χ4n) is 3.19. The van der Waals surface area contributed by atoms with Gasteiger partial charge in [0.05, 0.1) is 24.3 Å². The van der Waals surface area contributed by atoms with Gasteiger partial charge in [0.1, 0.15) is 12.4 Å². The van der Waals surface area contributed by atoms with Crippen molar-refractivity contribution in [3.05, 3.63) is 41.1 Å². The fourth-order valence-corrected chi connectivity index (χ4v) is 3.19. The van der Waals surface area contributed by atoms with Crippen LogP contribution < -0.4 is 15.4 Å². The Labute approximate surface area is 152 Å². The zero-order valence-corrected chi connectivity index (χ0v) is 15.0. The first-order valence-corrected chi connectivity index (χ1v) is 8.88. The van der Waals surface area contributed by atoms with Crippen LogP contribution in [0.15, 0.2) is 35.5 Å². The van der Waals surface area contributed by atoms with E-state index in [1.54, 1.807) is 6.92 Å². The van der Waals surface area contributed by atoms with Crippen molar-refractivity contribution in [2.24, 2.45) is 0 Å². The van der Waals surface area contributed by atoms with Gasteiger partial charge in [-0.1, -0.05) is 12.1 Å². The predicted molar refractivity (Wildman–Crippen MR) is 94.7 cm³/mol. The Morgan fingerprint density at radius 2 is 2.23 bits per heavy atom. The third-order valence-electron chi connectivity index (χ3n) is 4.42. The van der Waals surface area contributed by atoms with Crippen LogP contribution in [0.1, 0.15) is 38.3 Å². The van der Waals surface area contributed by atoms with Crippen molar-refractivity contribution in [2.75, 3.05) is 19.8 Å². The Kier molecular flexibility index (Phi) is 5.78. The minimum Gasteiger partial charge on any atom is -0.494 e. The number of urea groups is 1. The first kappa shape index (κ1) is 18.3. The van der Waals surface area contributed by atoms with Crippen molar-refractivity contribution in [2.45, 2.75) is 38.8 Å². The van der Waals surface area contributed by atoms with Crippen LogP contribution in [-0.4, -0.2) is 37.9 Å². The van der Waals surface area contributed by atoms with Gasteiger partial charge in [-0.2, -0.15) is 0 Å². The first-order chi connectivity index (χ1) is 12.6. The summed E-state index contributed by atoms with van der Waals surface area (Å²) in [6.07, 6.45) is 1.82. The van der Waals surface area contributed by atoms with Gasteiger partial charge >= 0.3 is 12.0 Å². The topological polar surface area (TPSA) is 85.9 Å². The number of amides is 2. The minimum atomic E-state index is -0.596. The smallest absolute Gasteiger partial charge is 0.338 e. The van der Waals surface area contributed by atoms with E-state index in [0.717, 1.165) is 18.4 Å². The number of esters is 1. The highest BCUT2D eigenvalue weighted by molar-refractivity contribution is 5.95. The summed E-state index contributed by atoms with van der Waals surface area (Å²) in [6.45, 7) is 5.05. The molecule has 1 fully saturated rings. The summed E-state index contributed by atoms with van der Waals surface area (Å²) in [5.74, 6) is 0.222. The number of ether oxygens (including phenoxy) is 3. The zero-order valence-electron chi connectivity index (χ0n) is 15.0. The van der Waals surface area contributed by atoms with Gasteiger partial charge in [0, 0.05) is 12.3 Å². The van der Waals surface area contributed by atoms with Gasteiger partial charge in [-0.15, -0.1) is 0 Å². The van der Waals surface area contributed by atoms with Crippen LogP contribution in [0.3, 0.4) is 0 Å². The second kappa shape index (κ2) is 8.23. The van der Waals surface area contributed by atoms with Crippen LogP contribution in [0, 0.1) is 0 Å². The summed E-state index contributed by atoms with van der Waals surface area (Å²) in [5, 5.41) is 5.44. The molecule has 7 nitrogen and oxygen atoms in total. The third kappa shape index (κ3) is 4.16. The van der Waals surface area contributed by atoms with Gasteiger partial charge in [-0.25, -0.2) is 9.59 Å². The molecule has 7 heteroatoms. The molecule has 2 atom stereocenters. The summed E-state index contributed by atoms with van der Waals surface area (Å²) in [6, 6.07) is 6.38. The second-order valence-electron chi connectivity index (χ2n) is 6.31. The number of carbonyl (C=O) groups is 2. The number of benzene rings is 1. The van der Waals surface area contributed by atoms with Crippen molar-refractivity contribution in [1.82, 2.24) is 10.6 Å². The molecule has 2 aliphatic rings. The van der Waals surface area contributed by atoms with Gasteiger partial charge < -0.3 is 24.8 Å². The lowest BCUT2D eigenvalue weighted by molar-refractivity contribution is -0.142. The molecule has 1 aromatic carbocycles. The Bertz CT molecular complexity index is 710. The molecule has 2 amide bonds. The average Bonchev–Trinajstić information content (AvgIpc) is 3.13. The van der Waals surface area contributed by atoms with E-state index in [2.05, 4.69) is 10.6 Å². The maximum atomic E-state index is 12.7. The minimum absolute atomic E-state index is 0.0503. The number of hydrogen-bond donors (Lipinski definition) is 2. The molecule has 1 aromatic rings. The Morgan fingerprint density at radius 1 is 1.38 bits per heavy atom. The van der Waals surface area contributed by atoms with Gasteiger partial charge in [0.25, 0.3) is 0 Å². The van der Waals surface area contributed by atoms with Crippen LogP contribution in [-0.2, 0) is 14.3 Å².